The number of carbonyl (C=O) groups excluding carboxylic acids is 2. The number of para-hydroxylation sites is 1. The van der Waals surface area contributed by atoms with Crippen LogP contribution in [0.4, 0.5) is 5.69 Å². The Bertz CT molecular complexity index is 954. The molecule has 0 unspecified atom stereocenters. The zero-order chi connectivity index (χ0) is 19.9. The maximum absolute atomic E-state index is 12.4. The Morgan fingerprint density at radius 1 is 1.21 bits per heavy atom. The molecule has 28 heavy (non-hydrogen) atoms. The number of hydrogen-bond acceptors (Lipinski definition) is 7. The van der Waals surface area contributed by atoms with Crippen molar-refractivity contribution in [3.63, 3.8) is 0 Å². The third-order valence-corrected chi connectivity index (χ3v) is 5.76. The first-order chi connectivity index (χ1) is 13.6. The summed E-state index contributed by atoms with van der Waals surface area (Å²) in [5.74, 6) is 0.308. The van der Waals surface area contributed by atoms with Gasteiger partial charge in [-0.2, -0.15) is 0 Å². The molecule has 0 bridgehead atoms. The zero-order valence-electron chi connectivity index (χ0n) is 15.5. The van der Waals surface area contributed by atoms with Crippen LogP contribution in [0, 0.1) is 0 Å². The largest absolute Gasteiger partial charge is 0.462 e. The van der Waals surface area contributed by atoms with Gasteiger partial charge < -0.3 is 14.6 Å². The molecular formula is C19H20N4O3S2. The minimum absolute atomic E-state index is 0.155. The topological polar surface area (TPSA) is 86.1 Å². The standard InChI is InChI=1S/C19H20N4O3S2/c1-3-26-18(25)14-8-4-5-9-15(14)20-17(24)12-28-19-22-21-16(23(19)2)11-13-7-6-10-27-13/h4-10H,3,11-12H2,1-2H3,(H,20,24). The fourth-order valence-electron chi connectivity index (χ4n) is 2.49. The smallest absolute Gasteiger partial charge is 0.340 e. The summed E-state index contributed by atoms with van der Waals surface area (Å²) in [5, 5.41) is 13.8. The average Bonchev–Trinajstić information content (AvgIpc) is 3.32. The molecule has 0 saturated carbocycles. The van der Waals surface area contributed by atoms with Gasteiger partial charge in [0.2, 0.25) is 5.91 Å². The van der Waals surface area contributed by atoms with E-state index in [4.69, 9.17) is 4.74 Å². The van der Waals surface area contributed by atoms with Gasteiger partial charge in [0.1, 0.15) is 5.82 Å². The van der Waals surface area contributed by atoms with E-state index in [9.17, 15) is 9.59 Å². The highest BCUT2D eigenvalue weighted by molar-refractivity contribution is 7.99. The van der Waals surface area contributed by atoms with Crippen molar-refractivity contribution in [1.29, 1.82) is 0 Å². The maximum atomic E-state index is 12.4. The van der Waals surface area contributed by atoms with Gasteiger partial charge in [-0.15, -0.1) is 21.5 Å². The summed E-state index contributed by atoms with van der Waals surface area (Å²) in [4.78, 5) is 25.6. The molecule has 0 fully saturated rings. The summed E-state index contributed by atoms with van der Waals surface area (Å²) >= 11 is 2.97. The van der Waals surface area contributed by atoms with Crippen LogP contribution in [-0.2, 0) is 23.0 Å². The summed E-state index contributed by atoms with van der Waals surface area (Å²) in [5.41, 5.74) is 0.766. The zero-order valence-corrected chi connectivity index (χ0v) is 17.2. The summed E-state index contributed by atoms with van der Waals surface area (Å²) in [6.45, 7) is 2.01. The van der Waals surface area contributed by atoms with E-state index in [2.05, 4.69) is 21.6 Å². The van der Waals surface area contributed by atoms with Crippen molar-refractivity contribution in [3.8, 4) is 0 Å². The lowest BCUT2D eigenvalue weighted by atomic mass is 10.2. The van der Waals surface area contributed by atoms with Crippen molar-refractivity contribution in [3.05, 3.63) is 58.0 Å². The second-order valence-corrected chi connectivity index (χ2v) is 7.79. The monoisotopic (exact) mass is 416 g/mol. The van der Waals surface area contributed by atoms with Gasteiger partial charge in [-0.25, -0.2) is 4.79 Å². The van der Waals surface area contributed by atoms with Gasteiger partial charge in [0.25, 0.3) is 0 Å². The molecule has 0 atom stereocenters. The number of anilines is 1. The van der Waals surface area contributed by atoms with Crippen LogP contribution in [0.15, 0.2) is 46.9 Å². The quantitative estimate of drug-likeness (QED) is 0.448. The predicted molar refractivity (Wildman–Crippen MR) is 110 cm³/mol. The average molecular weight is 417 g/mol. The van der Waals surface area contributed by atoms with Crippen LogP contribution < -0.4 is 5.32 Å². The van der Waals surface area contributed by atoms with Crippen molar-refractivity contribution in [2.24, 2.45) is 7.05 Å². The number of nitrogens with zero attached hydrogens (tertiary/aromatic N) is 3. The highest BCUT2D eigenvalue weighted by Crippen LogP contribution is 2.21. The van der Waals surface area contributed by atoms with Crippen molar-refractivity contribution in [1.82, 2.24) is 14.8 Å². The molecule has 1 amide bonds. The number of esters is 1. The van der Waals surface area contributed by atoms with E-state index in [1.807, 2.05) is 23.1 Å². The van der Waals surface area contributed by atoms with E-state index in [1.165, 1.54) is 16.6 Å². The van der Waals surface area contributed by atoms with Crippen LogP contribution in [0.1, 0.15) is 28.0 Å². The molecule has 7 nitrogen and oxygen atoms in total. The first kappa shape index (κ1) is 20.1. The second kappa shape index (κ2) is 9.52. The van der Waals surface area contributed by atoms with E-state index >= 15 is 0 Å². The molecule has 2 heterocycles. The van der Waals surface area contributed by atoms with Crippen molar-refractivity contribution in [2.75, 3.05) is 17.7 Å². The van der Waals surface area contributed by atoms with Crippen LogP contribution in [0.5, 0.6) is 0 Å². The lowest BCUT2D eigenvalue weighted by Gasteiger charge is -2.10. The van der Waals surface area contributed by atoms with E-state index in [1.54, 1.807) is 42.5 Å². The number of rotatable bonds is 8. The molecule has 0 saturated heterocycles. The van der Waals surface area contributed by atoms with Gasteiger partial charge in [-0.3, -0.25) is 4.79 Å². The van der Waals surface area contributed by atoms with Gasteiger partial charge in [0, 0.05) is 18.3 Å². The lowest BCUT2D eigenvalue weighted by Crippen LogP contribution is -2.17. The number of thioether (sulfide) groups is 1. The second-order valence-electron chi connectivity index (χ2n) is 5.82. The molecule has 3 aromatic rings. The Morgan fingerprint density at radius 3 is 2.79 bits per heavy atom. The van der Waals surface area contributed by atoms with Crippen molar-refractivity contribution in [2.45, 2.75) is 18.5 Å². The number of hydrogen-bond donors (Lipinski definition) is 1. The van der Waals surface area contributed by atoms with E-state index < -0.39 is 5.97 Å². The highest BCUT2D eigenvalue weighted by Gasteiger charge is 2.16. The van der Waals surface area contributed by atoms with Crippen LogP contribution in [0.25, 0.3) is 0 Å². The molecular weight excluding hydrogens is 396 g/mol. The first-order valence-corrected chi connectivity index (χ1v) is 10.5. The summed E-state index contributed by atoms with van der Waals surface area (Å²) in [6.07, 6.45) is 0.709. The van der Waals surface area contributed by atoms with Crippen LogP contribution in [0.3, 0.4) is 0 Å². The van der Waals surface area contributed by atoms with Gasteiger partial charge in [0.15, 0.2) is 5.16 Å². The number of ether oxygens (including phenoxy) is 1. The Hall–Kier alpha value is -2.65. The van der Waals surface area contributed by atoms with Crippen molar-refractivity contribution < 1.29 is 14.3 Å². The normalized spacial score (nSPS) is 10.6. The van der Waals surface area contributed by atoms with Gasteiger partial charge in [-0.1, -0.05) is 30.0 Å². The fraction of sp³-hybridized carbons (Fsp3) is 0.263. The highest BCUT2D eigenvalue weighted by atomic mass is 32.2. The number of nitrogens with one attached hydrogen (secondary N) is 1. The number of benzene rings is 1. The summed E-state index contributed by atoms with van der Waals surface area (Å²) < 4.78 is 6.92. The number of amides is 1. The molecule has 146 valence electrons. The molecule has 0 spiro atoms. The molecule has 1 N–H and O–H groups in total. The molecule has 0 aliphatic heterocycles. The molecule has 3 rings (SSSR count). The minimum Gasteiger partial charge on any atom is -0.462 e. The summed E-state index contributed by atoms with van der Waals surface area (Å²) in [6, 6.07) is 10.8. The van der Waals surface area contributed by atoms with Gasteiger partial charge >= 0.3 is 5.97 Å². The van der Waals surface area contributed by atoms with E-state index in [0.717, 1.165) is 5.82 Å². The third kappa shape index (κ3) is 4.99. The van der Waals surface area contributed by atoms with Gasteiger partial charge in [-0.05, 0) is 30.5 Å². The van der Waals surface area contributed by atoms with E-state index in [-0.39, 0.29) is 18.3 Å². The maximum Gasteiger partial charge on any atom is 0.340 e. The fourth-order valence-corrected chi connectivity index (χ4v) is 3.92. The number of carbonyl (C=O) groups is 2. The van der Waals surface area contributed by atoms with Gasteiger partial charge in [0.05, 0.1) is 23.6 Å². The first-order valence-electron chi connectivity index (χ1n) is 8.68. The van der Waals surface area contributed by atoms with Crippen LogP contribution in [0.2, 0.25) is 0 Å². The molecule has 0 aliphatic carbocycles. The SMILES string of the molecule is CCOC(=O)c1ccccc1NC(=O)CSc1nnc(Cc2cccs2)n1C. The Balaban J connectivity index is 1.60. The molecule has 2 aromatic heterocycles. The Morgan fingerprint density at radius 2 is 2.04 bits per heavy atom. The van der Waals surface area contributed by atoms with Crippen LogP contribution in [-0.4, -0.2) is 39.0 Å². The number of thiophene rings is 1. The predicted octanol–water partition coefficient (Wildman–Crippen LogP) is 3.37. The van der Waals surface area contributed by atoms with E-state index in [0.29, 0.717) is 22.8 Å². The third-order valence-electron chi connectivity index (χ3n) is 3.87. The van der Waals surface area contributed by atoms with Crippen LogP contribution >= 0.6 is 23.1 Å². The molecule has 0 radical (unpaired) electrons. The molecule has 9 heteroatoms. The Labute approximate surface area is 171 Å². The van der Waals surface area contributed by atoms with Crippen molar-refractivity contribution >= 4 is 40.7 Å². The molecule has 0 aliphatic rings. The molecule has 1 aromatic carbocycles. The number of aromatic nitrogens is 3. The minimum atomic E-state index is -0.461. The Kier molecular flexibility index (Phi) is 6.83. The lowest BCUT2D eigenvalue weighted by molar-refractivity contribution is -0.113. The summed E-state index contributed by atoms with van der Waals surface area (Å²) in [7, 11) is 1.89.